The third kappa shape index (κ3) is 3.35. The van der Waals surface area contributed by atoms with Gasteiger partial charge in [-0.3, -0.25) is 0 Å². The Morgan fingerprint density at radius 2 is 1.78 bits per heavy atom. The number of hydrogen-bond acceptors (Lipinski definition) is 1. The van der Waals surface area contributed by atoms with Crippen LogP contribution in [0.1, 0.15) is 52.1 Å². The van der Waals surface area contributed by atoms with Crippen molar-refractivity contribution in [3.05, 3.63) is 35.9 Å². The molecule has 1 aliphatic rings. The van der Waals surface area contributed by atoms with Gasteiger partial charge in [-0.05, 0) is 35.7 Å². The first kappa shape index (κ1) is 13.6. The summed E-state index contributed by atoms with van der Waals surface area (Å²) in [4.78, 5) is 0. The van der Waals surface area contributed by atoms with Gasteiger partial charge in [-0.25, -0.2) is 0 Å². The van der Waals surface area contributed by atoms with Crippen LogP contribution in [0.3, 0.4) is 0 Å². The smallest absolute Gasteiger partial charge is 0.0348 e. The summed E-state index contributed by atoms with van der Waals surface area (Å²) in [5, 5.41) is 3.82. The number of nitrogens with one attached hydrogen (secondary N) is 1. The summed E-state index contributed by atoms with van der Waals surface area (Å²) in [6.45, 7) is 10.5. The van der Waals surface area contributed by atoms with Gasteiger partial charge < -0.3 is 5.32 Å². The highest BCUT2D eigenvalue weighted by molar-refractivity contribution is 5.21. The van der Waals surface area contributed by atoms with Crippen molar-refractivity contribution < 1.29 is 0 Å². The summed E-state index contributed by atoms with van der Waals surface area (Å²) < 4.78 is 0. The Morgan fingerprint density at radius 1 is 1.17 bits per heavy atom. The summed E-state index contributed by atoms with van der Waals surface area (Å²) in [5.41, 5.74) is 1.82. The van der Waals surface area contributed by atoms with Crippen LogP contribution in [0.4, 0.5) is 0 Å². The Labute approximate surface area is 112 Å². The molecule has 0 heterocycles. The summed E-state index contributed by atoms with van der Waals surface area (Å²) in [7, 11) is 0. The van der Waals surface area contributed by atoms with E-state index in [2.05, 4.69) is 63.3 Å². The van der Waals surface area contributed by atoms with E-state index in [1.807, 2.05) is 0 Å². The Morgan fingerprint density at radius 3 is 2.28 bits per heavy atom. The lowest BCUT2D eigenvalue weighted by atomic mass is 9.81. The van der Waals surface area contributed by atoms with Crippen LogP contribution in [0.25, 0.3) is 0 Å². The van der Waals surface area contributed by atoms with E-state index in [4.69, 9.17) is 0 Å². The molecule has 0 bridgehead atoms. The van der Waals surface area contributed by atoms with Crippen LogP contribution >= 0.6 is 0 Å². The lowest BCUT2D eigenvalue weighted by molar-refractivity contribution is 0.224. The first-order valence-electron chi connectivity index (χ1n) is 7.29. The van der Waals surface area contributed by atoms with E-state index in [0.29, 0.717) is 17.4 Å². The Kier molecular flexibility index (Phi) is 4.11. The summed E-state index contributed by atoms with van der Waals surface area (Å²) in [6.07, 6.45) is 2.77. The molecule has 1 unspecified atom stereocenters. The third-order valence-electron chi connectivity index (χ3n) is 4.59. The van der Waals surface area contributed by atoms with Crippen LogP contribution in [-0.4, -0.2) is 6.54 Å². The SMILES string of the molecule is CC(C)C(C)(C)CNC(c1ccccc1)C1CC1. The molecule has 0 aromatic heterocycles. The van der Waals surface area contributed by atoms with Crippen molar-refractivity contribution in [3.8, 4) is 0 Å². The van der Waals surface area contributed by atoms with Gasteiger partial charge in [0.1, 0.15) is 0 Å². The minimum atomic E-state index is 0.363. The van der Waals surface area contributed by atoms with Crippen LogP contribution in [0, 0.1) is 17.3 Å². The second kappa shape index (κ2) is 5.44. The minimum Gasteiger partial charge on any atom is -0.309 e. The Bertz CT molecular complexity index is 362. The van der Waals surface area contributed by atoms with E-state index < -0.39 is 0 Å². The lowest BCUT2D eigenvalue weighted by Gasteiger charge is -2.32. The third-order valence-corrected chi connectivity index (χ3v) is 4.59. The molecule has 18 heavy (non-hydrogen) atoms. The van der Waals surface area contributed by atoms with Crippen molar-refractivity contribution in [3.63, 3.8) is 0 Å². The molecule has 0 saturated heterocycles. The zero-order valence-corrected chi connectivity index (χ0v) is 12.2. The maximum atomic E-state index is 3.82. The van der Waals surface area contributed by atoms with E-state index in [-0.39, 0.29) is 0 Å². The number of rotatable bonds is 6. The molecule has 0 amide bonds. The van der Waals surface area contributed by atoms with Gasteiger partial charge >= 0.3 is 0 Å². The second-order valence-corrected chi connectivity index (χ2v) is 6.75. The van der Waals surface area contributed by atoms with Crippen molar-refractivity contribution >= 4 is 0 Å². The minimum absolute atomic E-state index is 0.363. The molecule has 1 N–H and O–H groups in total. The Hall–Kier alpha value is -0.820. The highest BCUT2D eigenvalue weighted by Crippen LogP contribution is 2.41. The fourth-order valence-electron chi connectivity index (χ4n) is 2.22. The van der Waals surface area contributed by atoms with E-state index >= 15 is 0 Å². The summed E-state index contributed by atoms with van der Waals surface area (Å²) >= 11 is 0. The second-order valence-electron chi connectivity index (χ2n) is 6.75. The van der Waals surface area contributed by atoms with Gasteiger partial charge in [0.25, 0.3) is 0 Å². The molecule has 1 saturated carbocycles. The van der Waals surface area contributed by atoms with E-state index in [1.54, 1.807) is 0 Å². The lowest BCUT2D eigenvalue weighted by Crippen LogP contribution is -2.36. The fourth-order valence-corrected chi connectivity index (χ4v) is 2.22. The normalized spacial score (nSPS) is 18.1. The predicted molar refractivity (Wildman–Crippen MR) is 78.5 cm³/mol. The first-order valence-corrected chi connectivity index (χ1v) is 7.29. The highest BCUT2D eigenvalue weighted by atomic mass is 14.9. The maximum absolute atomic E-state index is 3.82. The summed E-state index contributed by atoms with van der Waals surface area (Å²) in [6, 6.07) is 11.5. The van der Waals surface area contributed by atoms with E-state index in [9.17, 15) is 0 Å². The van der Waals surface area contributed by atoms with Gasteiger partial charge in [-0.2, -0.15) is 0 Å². The molecule has 1 aromatic rings. The quantitative estimate of drug-likeness (QED) is 0.783. The first-order chi connectivity index (χ1) is 8.50. The fraction of sp³-hybridized carbons (Fsp3) is 0.647. The van der Waals surface area contributed by atoms with Crippen molar-refractivity contribution in [1.82, 2.24) is 5.32 Å². The van der Waals surface area contributed by atoms with Crippen molar-refractivity contribution in [2.24, 2.45) is 17.3 Å². The molecule has 1 heteroatoms. The highest BCUT2D eigenvalue weighted by Gasteiger charge is 2.33. The molecule has 0 aliphatic heterocycles. The van der Waals surface area contributed by atoms with Gasteiger partial charge in [-0.1, -0.05) is 58.0 Å². The standard InChI is InChI=1S/C17H27N/c1-13(2)17(3,4)12-18-16(15-10-11-15)14-8-6-5-7-9-14/h5-9,13,15-16,18H,10-12H2,1-4H3. The zero-order chi connectivity index (χ0) is 13.2. The maximum Gasteiger partial charge on any atom is 0.0348 e. The average Bonchev–Trinajstić information content (AvgIpc) is 3.15. The van der Waals surface area contributed by atoms with Crippen molar-refractivity contribution in [2.45, 2.75) is 46.6 Å². The molecule has 2 rings (SSSR count). The Balaban J connectivity index is 2.00. The van der Waals surface area contributed by atoms with Crippen LogP contribution in [0.15, 0.2) is 30.3 Å². The van der Waals surface area contributed by atoms with Gasteiger partial charge in [0, 0.05) is 12.6 Å². The number of hydrogen-bond donors (Lipinski definition) is 1. The molecule has 1 atom stereocenters. The molecule has 1 aliphatic carbocycles. The van der Waals surface area contributed by atoms with Crippen LogP contribution in [0.2, 0.25) is 0 Å². The predicted octanol–water partition coefficient (Wildman–Crippen LogP) is 4.41. The van der Waals surface area contributed by atoms with Crippen molar-refractivity contribution in [1.29, 1.82) is 0 Å². The van der Waals surface area contributed by atoms with E-state index in [1.165, 1.54) is 18.4 Å². The zero-order valence-electron chi connectivity index (χ0n) is 12.2. The number of benzene rings is 1. The van der Waals surface area contributed by atoms with Crippen LogP contribution in [-0.2, 0) is 0 Å². The van der Waals surface area contributed by atoms with Gasteiger partial charge in [0.15, 0.2) is 0 Å². The largest absolute Gasteiger partial charge is 0.309 e. The molecule has 100 valence electrons. The van der Waals surface area contributed by atoms with Gasteiger partial charge in [-0.15, -0.1) is 0 Å². The molecule has 0 radical (unpaired) electrons. The van der Waals surface area contributed by atoms with Crippen LogP contribution in [0.5, 0.6) is 0 Å². The summed E-state index contributed by atoms with van der Waals surface area (Å²) in [5.74, 6) is 1.57. The molecular formula is C17H27N. The molecule has 0 spiro atoms. The topological polar surface area (TPSA) is 12.0 Å². The van der Waals surface area contributed by atoms with Gasteiger partial charge in [0.2, 0.25) is 0 Å². The molecule has 1 fully saturated rings. The van der Waals surface area contributed by atoms with Crippen molar-refractivity contribution in [2.75, 3.05) is 6.54 Å². The molecular weight excluding hydrogens is 218 g/mol. The molecule has 1 nitrogen and oxygen atoms in total. The van der Waals surface area contributed by atoms with E-state index in [0.717, 1.165) is 12.5 Å². The van der Waals surface area contributed by atoms with Gasteiger partial charge in [0.05, 0.1) is 0 Å². The van der Waals surface area contributed by atoms with Crippen LogP contribution < -0.4 is 5.32 Å². The average molecular weight is 245 g/mol. The molecule has 1 aromatic carbocycles. The monoisotopic (exact) mass is 245 g/mol.